The van der Waals surface area contributed by atoms with Gasteiger partial charge in [0, 0.05) is 4.88 Å². The number of ether oxygens (including phenoxy) is 1. The lowest BCUT2D eigenvalue weighted by Crippen LogP contribution is -2.37. The van der Waals surface area contributed by atoms with Crippen molar-refractivity contribution in [2.45, 2.75) is 38.0 Å². The molecule has 0 unspecified atom stereocenters. The van der Waals surface area contributed by atoms with Gasteiger partial charge in [0.15, 0.2) is 0 Å². The van der Waals surface area contributed by atoms with Crippen molar-refractivity contribution >= 4 is 22.9 Å². The zero-order chi connectivity index (χ0) is 15.6. The summed E-state index contributed by atoms with van der Waals surface area (Å²) in [6, 6.07) is 9.97. The monoisotopic (exact) mass is 315 g/mol. The van der Waals surface area contributed by atoms with Gasteiger partial charge in [-0.2, -0.15) is 0 Å². The van der Waals surface area contributed by atoms with Gasteiger partial charge in [0.2, 0.25) is 5.91 Å². The second-order valence-electron chi connectivity index (χ2n) is 5.92. The lowest BCUT2D eigenvalue weighted by Gasteiger charge is -2.27. The number of aryl methyl sites for hydroxylation is 1. The van der Waals surface area contributed by atoms with E-state index in [9.17, 15) is 4.79 Å². The zero-order valence-electron chi connectivity index (χ0n) is 13.0. The highest BCUT2D eigenvalue weighted by Crippen LogP contribution is 2.44. The van der Waals surface area contributed by atoms with Crippen molar-refractivity contribution in [3.8, 4) is 5.75 Å². The van der Waals surface area contributed by atoms with E-state index in [4.69, 9.17) is 4.74 Å². The third kappa shape index (κ3) is 2.63. The SMILES string of the molecule is COc1ccc(C)cc1NC(=O)C1(c2cccs2)CCCC1. The molecule has 1 aliphatic rings. The van der Waals surface area contributed by atoms with Crippen LogP contribution in [0.3, 0.4) is 0 Å². The first-order valence-corrected chi connectivity index (χ1v) is 8.54. The predicted molar refractivity (Wildman–Crippen MR) is 90.8 cm³/mol. The van der Waals surface area contributed by atoms with Crippen molar-refractivity contribution < 1.29 is 9.53 Å². The molecule has 116 valence electrons. The molecule has 22 heavy (non-hydrogen) atoms. The third-order valence-electron chi connectivity index (χ3n) is 4.49. The maximum Gasteiger partial charge on any atom is 0.235 e. The predicted octanol–water partition coefficient (Wildman–Crippen LogP) is 4.52. The summed E-state index contributed by atoms with van der Waals surface area (Å²) >= 11 is 1.68. The van der Waals surface area contributed by atoms with E-state index >= 15 is 0 Å². The summed E-state index contributed by atoms with van der Waals surface area (Å²) in [5, 5.41) is 5.17. The number of amides is 1. The second-order valence-corrected chi connectivity index (χ2v) is 6.87. The Kier molecular flexibility index (Phi) is 4.21. The van der Waals surface area contributed by atoms with Crippen molar-refractivity contribution in [1.82, 2.24) is 0 Å². The van der Waals surface area contributed by atoms with Crippen molar-refractivity contribution in [1.29, 1.82) is 0 Å². The van der Waals surface area contributed by atoms with E-state index in [1.165, 1.54) is 4.88 Å². The van der Waals surface area contributed by atoms with Gasteiger partial charge < -0.3 is 10.1 Å². The number of hydrogen-bond donors (Lipinski definition) is 1. The first-order valence-electron chi connectivity index (χ1n) is 7.66. The summed E-state index contributed by atoms with van der Waals surface area (Å²) < 4.78 is 5.38. The molecule has 1 amide bonds. The van der Waals surface area contributed by atoms with Crippen LogP contribution in [0, 0.1) is 6.92 Å². The summed E-state index contributed by atoms with van der Waals surface area (Å²) in [5.74, 6) is 0.801. The molecular formula is C18H21NO2S. The fourth-order valence-corrected chi connectivity index (χ4v) is 4.26. The van der Waals surface area contributed by atoms with Gasteiger partial charge in [-0.3, -0.25) is 4.79 Å². The maximum absolute atomic E-state index is 13.1. The summed E-state index contributed by atoms with van der Waals surface area (Å²) in [5.41, 5.74) is 1.49. The number of anilines is 1. The van der Waals surface area contributed by atoms with Gasteiger partial charge in [-0.25, -0.2) is 0 Å². The van der Waals surface area contributed by atoms with Crippen LogP contribution in [0.4, 0.5) is 5.69 Å². The molecule has 0 radical (unpaired) electrons. The van der Waals surface area contributed by atoms with Gasteiger partial charge >= 0.3 is 0 Å². The first kappa shape index (κ1) is 15.1. The number of carbonyl (C=O) groups is 1. The van der Waals surface area contributed by atoms with Crippen LogP contribution in [0.15, 0.2) is 35.7 Å². The molecule has 4 heteroatoms. The normalized spacial score (nSPS) is 16.5. The zero-order valence-corrected chi connectivity index (χ0v) is 13.8. The average Bonchev–Trinajstić information content (AvgIpc) is 3.19. The van der Waals surface area contributed by atoms with Crippen LogP contribution in [0.2, 0.25) is 0 Å². The highest BCUT2D eigenvalue weighted by atomic mass is 32.1. The Hall–Kier alpha value is -1.81. The first-order chi connectivity index (χ1) is 10.7. The summed E-state index contributed by atoms with van der Waals surface area (Å²) in [4.78, 5) is 14.2. The number of rotatable bonds is 4. The number of nitrogens with one attached hydrogen (secondary N) is 1. The minimum absolute atomic E-state index is 0.0938. The van der Waals surface area contributed by atoms with E-state index in [-0.39, 0.29) is 11.3 Å². The van der Waals surface area contributed by atoms with Gasteiger partial charge in [-0.05, 0) is 48.9 Å². The quantitative estimate of drug-likeness (QED) is 0.901. The number of hydrogen-bond acceptors (Lipinski definition) is 3. The molecule has 1 aliphatic carbocycles. The number of methoxy groups -OCH3 is 1. The third-order valence-corrected chi connectivity index (χ3v) is 5.56. The maximum atomic E-state index is 13.1. The fourth-order valence-electron chi connectivity index (χ4n) is 3.28. The van der Waals surface area contributed by atoms with E-state index in [1.54, 1.807) is 18.4 Å². The lowest BCUT2D eigenvalue weighted by molar-refractivity contribution is -0.121. The van der Waals surface area contributed by atoms with E-state index < -0.39 is 0 Å². The van der Waals surface area contributed by atoms with Crippen LogP contribution in [0.1, 0.15) is 36.1 Å². The van der Waals surface area contributed by atoms with Crippen molar-refractivity contribution in [2.24, 2.45) is 0 Å². The van der Waals surface area contributed by atoms with E-state index in [1.807, 2.05) is 31.2 Å². The summed E-state index contributed by atoms with van der Waals surface area (Å²) in [7, 11) is 1.63. The molecule has 1 N–H and O–H groups in total. The Morgan fingerprint density at radius 2 is 2.05 bits per heavy atom. The number of carbonyl (C=O) groups excluding carboxylic acids is 1. The van der Waals surface area contributed by atoms with Crippen LogP contribution in [0.25, 0.3) is 0 Å². The summed E-state index contributed by atoms with van der Waals surface area (Å²) in [6.07, 6.45) is 4.06. The Morgan fingerprint density at radius 3 is 2.68 bits per heavy atom. The average molecular weight is 315 g/mol. The Labute approximate surface area is 135 Å². The van der Waals surface area contributed by atoms with E-state index in [2.05, 4.69) is 16.8 Å². The molecule has 3 rings (SSSR count). The van der Waals surface area contributed by atoms with Gasteiger partial charge in [0.25, 0.3) is 0 Å². The molecular weight excluding hydrogens is 294 g/mol. The summed E-state index contributed by atoms with van der Waals surface area (Å²) in [6.45, 7) is 2.01. The lowest BCUT2D eigenvalue weighted by atomic mass is 9.83. The minimum Gasteiger partial charge on any atom is -0.495 e. The number of thiophene rings is 1. The topological polar surface area (TPSA) is 38.3 Å². The highest BCUT2D eigenvalue weighted by Gasteiger charge is 2.43. The Bertz CT molecular complexity index is 658. The van der Waals surface area contributed by atoms with Gasteiger partial charge in [-0.15, -0.1) is 11.3 Å². The van der Waals surface area contributed by atoms with Gasteiger partial charge in [-0.1, -0.05) is 25.0 Å². The molecule has 0 bridgehead atoms. The van der Waals surface area contributed by atoms with Crippen molar-refractivity contribution in [3.63, 3.8) is 0 Å². The molecule has 1 aromatic heterocycles. The standard InChI is InChI=1S/C18H21NO2S/c1-13-7-8-15(21-2)14(12-13)19-17(20)18(9-3-4-10-18)16-6-5-11-22-16/h5-8,11-12H,3-4,9-10H2,1-2H3,(H,19,20). The second kappa shape index (κ2) is 6.13. The van der Waals surface area contributed by atoms with Crippen molar-refractivity contribution in [2.75, 3.05) is 12.4 Å². The minimum atomic E-state index is -0.372. The largest absolute Gasteiger partial charge is 0.495 e. The Morgan fingerprint density at radius 1 is 1.27 bits per heavy atom. The van der Waals surface area contributed by atoms with Crippen LogP contribution < -0.4 is 10.1 Å². The van der Waals surface area contributed by atoms with Crippen LogP contribution >= 0.6 is 11.3 Å². The van der Waals surface area contributed by atoms with Gasteiger partial charge in [0.05, 0.1) is 18.2 Å². The fraction of sp³-hybridized carbons (Fsp3) is 0.389. The van der Waals surface area contributed by atoms with Crippen molar-refractivity contribution in [3.05, 3.63) is 46.2 Å². The number of benzene rings is 1. The molecule has 3 nitrogen and oxygen atoms in total. The molecule has 0 saturated heterocycles. The van der Waals surface area contributed by atoms with Crippen LogP contribution in [0.5, 0.6) is 5.75 Å². The molecule has 1 heterocycles. The van der Waals surface area contributed by atoms with Crippen LogP contribution in [-0.2, 0) is 10.2 Å². The highest BCUT2D eigenvalue weighted by molar-refractivity contribution is 7.10. The molecule has 2 aromatic rings. The molecule has 1 aromatic carbocycles. The van der Waals surface area contributed by atoms with E-state index in [0.29, 0.717) is 5.75 Å². The van der Waals surface area contributed by atoms with Gasteiger partial charge in [0.1, 0.15) is 5.75 Å². The molecule has 1 saturated carbocycles. The Balaban J connectivity index is 1.91. The van der Waals surface area contributed by atoms with Crippen LogP contribution in [-0.4, -0.2) is 13.0 Å². The molecule has 0 spiro atoms. The molecule has 1 fully saturated rings. The molecule has 0 aliphatic heterocycles. The smallest absolute Gasteiger partial charge is 0.235 e. The molecule has 0 atom stereocenters. The van der Waals surface area contributed by atoms with E-state index in [0.717, 1.165) is 36.9 Å².